The third-order valence-corrected chi connectivity index (χ3v) is 3.65. The van der Waals surface area contributed by atoms with E-state index >= 15 is 0 Å². The zero-order valence-electron chi connectivity index (χ0n) is 11.3. The van der Waals surface area contributed by atoms with Crippen molar-refractivity contribution in [2.24, 2.45) is 5.41 Å². The second-order valence-electron chi connectivity index (χ2n) is 5.28. The van der Waals surface area contributed by atoms with Crippen LogP contribution in [-0.2, 0) is 9.53 Å². The predicted molar refractivity (Wildman–Crippen MR) is 70.7 cm³/mol. The van der Waals surface area contributed by atoms with Crippen LogP contribution < -0.4 is 5.32 Å². The number of amides is 1. The first-order valence-corrected chi connectivity index (χ1v) is 6.26. The van der Waals surface area contributed by atoms with Gasteiger partial charge in [-0.1, -0.05) is 6.07 Å². The summed E-state index contributed by atoms with van der Waals surface area (Å²) in [4.78, 5) is 23.4. The van der Waals surface area contributed by atoms with E-state index in [0.29, 0.717) is 0 Å². The molecule has 0 aromatic heterocycles. The fourth-order valence-electron chi connectivity index (χ4n) is 2.15. The number of phenolic OH excluding ortho intramolecular Hbond substituents is 1. The highest BCUT2D eigenvalue weighted by molar-refractivity contribution is 5.97. The predicted octanol–water partition coefficient (Wildman–Crippen LogP) is 0.920. The lowest BCUT2D eigenvalue weighted by molar-refractivity contribution is -0.148. The first kappa shape index (κ1) is 14.3. The van der Waals surface area contributed by atoms with Crippen LogP contribution in [0.1, 0.15) is 22.8 Å². The van der Waals surface area contributed by atoms with Gasteiger partial charge in [-0.15, -0.1) is 0 Å². The highest BCUT2D eigenvalue weighted by Crippen LogP contribution is 2.29. The van der Waals surface area contributed by atoms with Crippen LogP contribution in [-0.4, -0.2) is 41.3 Å². The fourth-order valence-corrected chi connectivity index (χ4v) is 2.15. The monoisotopic (exact) mass is 279 g/mol. The Kier molecular flexibility index (Phi) is 3.67. The van der Waals surface area contributed by atoms with Crippen molar-refractivity contribution in [3.63, 3.8) is 0 Å². The van der Waals surface area contributed by atoms with Gasteiger partial charge < -0.3 is 20.3 Å². The Hall–Kier alpha value is -2.08. The number of aromatic hydroxyl groups is 1. The fraction of sp³-hybridized carbons (Fsp3) is 0.429. The second-order valence-corrected chi connectivity index (χ2v) is 5.28. The zero-order chi connectivity index (χ0) is 14.9. The molecule has 20 heavy (non-hydrogen) atoms. The van der Waals surface area contributed by atoms with E-state index in [0.717, 1.165) is 5.56 Å². The molecular formula is C14H17NO5. The summed E-state index contributed by atoms with van der Waals surface area (Å²) in [6, 6.07) is 4.06. The summed E-state index contributed by atoms with van der Waals surface area (Å²) in [7, 11) is 0. The van der Waals surface area contributed by atoms with Crippen LogP contribution in [0.5, 0.6) is 5.75 Å². The van der Waals surface area contributed by atoms with Crippen molar-refractivity contribution in [3.05, 3.63) is 29.3 Å². The molecule has 6 heteroatoms. The maximum absolute atomic E-state index is 12.1. The van der Waals surface area contributed by atoms with E-state index < -0.39 is 23.3 Å². The molecule has 1 fully saturated rings. The molecule has 2 unspecified atom stereocenters. The molecule has 0 aliphatic carbocycles. The number of carboxylic acid groups (broad SMARTS) is 1. The molecule has 1 aromatic rings. The number of carbonyl (C=O) groups excluding carboxylic acids is 1. The molecule has 1 aliphatic heterocycles. The Bertz CT molecular complexity index is 556. The van der Waals surface area contributed by atoms with Crippen LogP contribution in [0.3, 0.4) is 0 Å². The van der Waals surface area contributed by atoms with E-state index in [-0.39, 0.29) is 24.5 Å². The summed E-state index contributed by atoms with van der Waals surface area (Å²) in [5.41, 5.74) is -0.204. The SMILES string of the molecule is Cc1ccc(C(=O)NC2COCC2(C)C(=O)O)c(O)c1. The number of nitrogens with one attached hydrogen (secondary N) is 1. The maximum atomic E-state index is 12.1. The zero-order valence-corrected chi connectivity index (χ0v) is 11.3. The molecular weight excluding hydrogens is 262 g/mol. The van der Waals surface area contributed by atoms with Gasteiger partial charge in [-0.05, 0) is 31.5 Å². The lowest BCUT2D eigenvalue weighted by atomic mass is 9.85. The first-order chi connectivity index (χ1) is 9.34. The molecule has 1 aliphatic rings. The minimum absolute atomic E-state index is 0.0488. The van der Waals surface area contributed by atoms with Gasteiger partial charge in [0.15, 0.2) is 0 Å². The Labute approximate surface area is 116 Å². The van der Waals surface area contributed by atoms with Crippen molar-refractivity contribution in [1.82, 2.24) is 5.32 Å². The molecule has 0 radical (unpaired) electrons. The highest BCUT2D eigenvalue weighted by Gasteiger charge is 2.47. The van der Waals surface area contributed by atoms with Crippen LogP contribution in [0.25, 0.3) is 0 Å². The molecule has 2 rings (SSSR count). The summed E-state index contributed by atoms with van der Waals surface area (Å²) in [6.45, 7) is 3.52. The second kappa shape index (κ2) is 5.13. The van der Waals surface area contributed by atoms with Gasteiger partial charge in [-0.25, -0.2) is 0 Å². The van der Waals surface area contributed by atoms with Crippen molar-refractivity contribution in [1.29, 1.82) is 0 Å². The third kappa shape index (κ3) is 2.46. The van der Waals surface area contributed by atoms with E-state index in [1.807, 2.05) is 0 Å². The van der Waals surface area contributed by atoms with Crippen molar-refractivity contribution >= 4 is 11.9 Å². The largest absolute Gasteiger partial charge is 0.507 e. The number of rotatable bonds is 3. The molecule has 3 N–H and O–H groups in total. The van der Waals surface area contributed by atoms with Crippen LogP contribution in [0.15, 0.2) is 18.2 Å². The van der Waals surface area contributed by atoms with Crippen LogP contribution in [0.2, 0.25) is 0 Å². The van der Waals surface area contributed by atoms with Crippen LogP contribution in [0.4, 0.5) is 0 Å². The van der Waals surface area contributed by atoms with Gasteiger partial charge in [-0.3, -0.25) is 9.59 Å². The average molecular weight is 279 g/mol. The van der Waals surface area contributed by atoms with Gasteiger partial charge in [0.1, 0.15) is 11.2 Å². The lowest BCUT2D eigenvalue weighted by Gasteiger charge is -2.25. The van der Waals surface area contributed by atoms with Gasteiger partial charge in [0.2, 0.25) is 0 Å². The van der Waals surface area contributed by atoms with Crippen LogP contribution >= 0.6 is 0 Å². The first-order valence-electron chi connectivity index (χ1n) is 6.26. The minimum Gasteiger partial charge on any atom is -0.507 e. The molecule has 108 valence electrons. The number of carboxylic acids is 1. The topological polar surface area (TPSA) is 95.9 Å². The average Bonchev–Trinajstić information content (AvgIpc) is 2.72. The van der Waals surface area contributed by atoms with Gasteiger partial charge in [-0.2, -0.15) is 0 Å². The van der Waals surface area contributed by atoms with Crippen LogP contribution in [0, 0.1) is 12.3 Å². The van der Waals surface area contributed by atoms with E-state index in [4.69, 9.17) is 4.74 Å². The summed E-state index contributed by atoms with van der Waals surface area (Å²) in [5.74, 6) is -1.66. The normalized spacial score (nSPS) is 25.4. The van der Waals surface area contributed by atoms with Crippen molar-refractivity contribution in [2.75, 3.05) is 13.2 Å². The van der Waals surface area contributed by atoms with E-state index in [2.05, 4.69) is 5.32 Å². The van der Waals surface area contributed by atoms with E-state index in [1.165, 1.54) is 19.1 Å². The number of carbonyl (C=O) groups is 2. The summed E-state index contributed by atoms with van der Waals surface area (Å²) >= 11 is 0. The molecule has 1 saturated heterocycles. The smallest absolute Gasteiger partial charge is 0.313 e. The number of ether oxygens (including phenoxy) is 1. The molecule has 0 bridgehead atoms. The molecule has 1 amide bonds. The summed E-state index contributed by atoms with van der Waals surface area (Å²) < 4.78 is 5.16. The van der Waals surface area contributed by atoms with Crippen molar-refractivity contribution in [3.8, 4) is 5.75 Å². The van der Waals surface area contributed by atoms with Gasteiger partial charge in [0.25, 0.3) is 5.91 Å². The summed E-state index contributed by atoms with van der Waals surface area (Å²) in [6.07, 6.45) is 0. The molecule has 6 nitrogen and oxygen atoms in total. The lowest BCUT2D eigenvalue weighted by Crippen LogP contribution is -2.49. The van der Waals surface area contributed by atoms with E-state index in [1.54, 1.807) is 13.0 Å². The van der Waals surface area contributed by atoms with Gasteiger partial charge in [0, 0.05) is 0 Å². The number of hydrogen-bond donors (Lipinski definition) is 3. The standard InChI is InChI=1S/C14H17NO5/c1-8-3-4-9(10(16)5-8)12(17)15-11-6-20-7-14(11,2)13(18)19/h3-5,11,16H,6-7H2,1-2H3,(H,15,17)(H,18,19). The third-order valence-electron chi connectivity index (χ3n) is 3.65. The maximum Gasteiger partial charge on any atom is 0.313 e. The molecule has 0 saturated carbocycles. The van der Waals surface area contributed by atoms with Gasteiger partial charge in [0.05, 0.1) is 24.8 Å². The van der Waals surface area contributed by atoms with Gasteiger partial charge >= 0.3 is 5.97 Å². The number of aryl methyl sites for hydroxylation is 1. The molecule has 1 heterocycles. The van der Waals surface area contributed by atoms with E-state index in [9.17, 15) is 19.8 Å². The molecule has 1 aromatic carbocycles. The highest BCUT2D eigenvalue weighted by atomic mass is 16.5. The Morgan fingerprint density at radius 3 is 2.75 bits per heavy atom. The number of phenols is 1. The Morgan fingerprint density at radius 1 is 1.45 bits per heavy atom. The number of benzene rings is 1. The Morgan fingerprint density at radius 2 is 2.15 bits per heavy atom. The molecule has 2 atom stereocenters. The van der Waals surface area contributed by atoms with Crippen molar-refractivity contribution < 1.29 is 24.5 Å². The number of aliphatic carboxylic acids is 1. The Balaban J connectivity index is 2.17. The quantitative estimate of drug-likeness (QED) is 0.764. The number of hydrogen-bond acceptors (Lipinski definition) is 4. The van der Waals surface area contributed by atoms with Crippen molar-refractivity contribution in [2.45, 2.75) is 19.9 Å². The molecule has 0 spiro atoms. The summed E-state index contributed by atoms with van der Waals surface area (Å²) in [5, 5.41) is 21.6. The minimum atomic E-state index is -1.16.